The third-order valence-electron chi connectivity index (χ3n) is 2.06. The quantitative estimate of drug-likeness (QED) is 0.412. The molecule has 0 aromatic carbocycles. The fraction of sp³-hybridized carbons (Fsp3) is 0.667. The number of halogens is 1. The Morgan fingerprint density at radius 1 is 1.75 bits per heavy atom. The molecule has 2 nitrogen and oxygen atoms in total. The molecule has 0 saturated carbocycles. The minimum atomic E-state index is 0.213. The van der Waals surface area contributed by atoms with E-state index >= 15 is 0 Å². The highest BCUT2D eigenvalue weighted by Gasteiger charge is 2.20. The first-order valence-electron chi connectivity index (χ1n) is 4.24. The summed E-state index contributed by atoms with van der Waals surface area (Å²) < 4.78 is 0. The van der Waals surface area contributed by atoms with Crippen molar-refractivity contribution in [1.82, 2.24) is 4.90 Å². The van der Waals surface area contributed by atoms with E-state index in [1.807, 2.05) is 6.08 Å². The van der Waals surface area contributed by atoms with Gasteiger partial charge in [0.15, 0.2) is 0 Å². The summed E-state index contributed by atoms with van der Waals surface area (Å²) in [6.07, 6.45) is 4.22. The zero-order valence-electron chi connectivity index (χ0n) is 7.13. The first-order chi connectivity index (χ1) is 5.74. The maximum atomic E-state index is 11.2. The molecule has 0 N–H and O–H groups in total. The van der Waals surface area contributed by atoms with Gasteiger partial charge in [-0.2, -0.15) is 0 Å². The Morgan fingerprint density at radius 3 is 3.17 bits per heavy atom. The molecule has 3 heteroatoms. The maximum Gasteiger partial charge on any atom is 0.135 e. The first kappa shape index (κ1) is 9.93. The Bertz CT molecular complexity index is 181. The second-order valence-electron chi connectivity index (χ2n) is 3.06. The van der Waals surface area contributed by atoms with Crippen LogP contribution in [0.2, 0.25) is 0 Å². The first-order valence-corrected chi connectivity index (χ1v) is 5.16. The highest BCUT2D eigenvalue weighted by Crippen LogP contribution is 2.18. The highest BCUT2D eigenvalue weighted by molar-refractivity contribution is 9.09. The molecule has 1 aliphatic heterocycles. The predicted octanol–water partition coefficient (Wildman–Crippen LogP) is 1.95. The summed E-state index contributed by atoms with van der Waals surface area (Å²) in [6, 6.07) is 0. The van der Waals surface area contributed by atoms with E-state index in [1.54, 1.807) is 0 Å². The SMILES string of the molecule is C=CCN1CCCC(=O)CC1Br. The predicted molar refractivity (Wildman–Crippen MR) is 53.3 cm³/mol. The van der Waals surface area contributed by atoms with Crippen LogP contribution in [-0.4, -0.2) is 28.7 Å². The lowest BCUT2D eigenvalue weighted by atomic mass is 10.2. The molecule has 12 heavy (non-hydrogen) atoms. The Hall–Kier alpha value is -0.150. The largest absolute Gasteiger partial charge is 0.300 e. The van der Waals surface area contributed by atoms with E-state index in [2.05, 4.69) is 27.4 Å². The van der Waals surface area contributed by atoms with Crippen molar-refractivity contribution in [2.75, 3.05) is 13.1 Å². The summed E-state index contributed by atoms with van der Waals surface area (Å²) in [5.74, 6) is 0.364. The molecule has 0 radical (unpaired) electrons. The average molecular weight is 232 g/mol. The van der Waals surface area contributed by atoms with Crippen molar-refractivity contribution < 1.29 is 4.79 Å². The molecule has 0 bridgehead atoms. The summed E-state index contributed by atoms with van der Waals surface area (Å²) >= 11 is 3.50. The number of alkyl halides is 1. The Morgan fingerprint density at radius 2 is 2.50 bits per heavy atom. The van der Waals surface area contributed by atoms with Gasteiger partial charge in [0.05, 0.1) is 4.95 Å². The standard InChI is InChI=1S/C9H14BrNO/c1-2-5-11-6-3-4-8(12)7-9(11)10/h2,9H,1,3-7H2. The molecule has 0 spiro atoms. The van der Waals surface area contributed by atoms with Crippen molar-refractivity contribution in [3.8, 4) is 0 Å². The molecule has 1 aliphatic rings. The van der Waals surface area contributed by atoms with Crippen LogP contribution < -0.4 is 0 Å². The molecule has 0 aromatic heterocycles. The lowest BCUT2D eigenvalue weighted by Gasteiger charge is -2.22. The molecule has 1 atom stereocenters. The number of hydrogen-bond donors (Lipinski definition) is 0. The second-order valence-corrected chi connectivity index (χ2v) is 4.12. The highest BCUT2D eigenvalue weighted by atomic mass is 79.9. The summed E-state index contributed by atoms with van der Waals surface area (Å²) in [5, 5.41) is 0. The summed E-state index contributed by atoms with van der Waals surface area (Å²) in [5.41, 5.74) is 0. The zero-order valence-corrected chi connectivity index (χ0v) is 8.72. The van der Waals surface area contributed by atoms with E-state index < -0.39 is 0 Å². The number of ketones is 1. The molecular weight excluding hydrogens is 218 g/mol. The van der Waals surface area contributed by atoms with Gasteiger partial charge in [-0.05, 0) is 13.0 Å². The van der Waals surface area contributed by atoms with E-state index in [0.717, 1.165) is 25.9 Å². The molecule has 1 fully saturated rings. The Labute approximate surface area is 81.8 Å². The van der Waals surface area contributed by atoms with Crippen molar-refractivity contribution >= 4 is 21.7 Å². The minimum absolute atomic E-state index is 0.213. The molecule has 1 saturated heterocycles. The summed E-state index contributed by atoms with van der Waals surface area (Å²) in [7, 11) is 0. The lowest BCUT2D eigenvalue weighted by molar-refractivity contribution is -0.118. The van der Waals surface area contributed by atoms with Crippen LogP contribution in [0.3, 0.4) is 0 Å². The van der Waals surface area contributed by atoms with Gasteiger partial charge in [0, 0.05) is 19.4 Å². The van der Waals surface area contributed by atoms with Crippen molar-refractivity contribution in [2.24, 2.45) is 0 Å². The molecule has 68 valence electrons. The molecular formula is C9H14BrNO. The number of nitrogens with zero attached hydrogens (tertiary/aromatic N) is 1. The molecule has 1 unspecified atom stereocenters. The van der Waals surface area contributed by atoms with Crippen LogP contribution in [0.15, 0.2) is 12.7 Å². The van der Waals surface area contributed by atoms with Crippen molar-refractivity contribution in [2.45, 2.75) is 24.2 Å². The van der Waals surface area contributed by atoms with Gasteiger partial charge in [0.2, 0.25) is 0 Å². The summed E-state index contributed by atoms with van der Waals surface area (Å²) in [6.45, 7) is 5.55. The number of Topliss-reactive ketones (excluding diaryl/α,β-unsaturated/α-hetero) is 1. The Balaban J connectivity index is 2.50. The topological polar surface area (TPSA) is 20.3 Å². The van der Waals surface area contributed by atoms with E-state index in [4.69, 9.17) is 0 Å². The van der Waals surface area contributed by atoms with Crippen LogP contribution in [0.1, 0.15) is 19.3 Å². The fourth-order valence-corrected chi connectivity index (χ4v) is 2.14. The lowest BCUT2D eigenvalue weighted by Crippen LogP contribution is -2.31. The number of rotatable bonds is 2. The van der Waals surface area contributed by atoms with Gasteiger partial charge in [-0.3, -0.25) is 9.69 Å². The molecule has 1 rings (SSSR count). The van der Waals surface area contributed by atoms with Crippen molar-refractivity contribution in [1.29, 1.82) is 0 Å². The van der Waals surface area contributed by atoms with Crippen molar-refractivity contribution in [3.63, 3.8) is 0 Å². The number of carbonyl (C=O) groups is 1. The van der Waals surface area contributed by atoms with E-state index in [0.29, 0.717) is 12.2 Å². The monoisotopic (exact) mass is 231 g/mol. The third kappa shape index (κ3) is 2.72. The Kier molecular flexibility index (Phi) is 3.95. The van der Waals surface area contributed by atoms with Gasteiger partial charge in [-0.1, -0.05) is 22.0 Å². The van der Waals surface area contributed by atoms with Gasteiger partial charge < -0.3 is 0 Å². The second kappa shape index (κ2) is 4.77. The van der Waals surface area contributed by atoms with Crippen LogP contribution >= 0.6 is 15.9 Å². The minimum Gasteiger partial charge on any atom is -0.300 e. The van der Waals surface area contributed by atoms with Crippen LogP contribution in [0, 0.1) is 0 Å². The smallest absolute Gasteiger partial charge is 0.135 e. The maximum absolute atomic E-state index is 11.2. The molecule has 0 amide bonds. The third-order valence-corrected chi connectivity index (χ3v) is 2.96. The molecule has 0 aromatic rings. The number of likely N-dealkylation sites (tertiary alicyclic amines) is 1. The van der Waals surface area contributed by atoms with Gasteiger partial charge >= 0.3 is 0 Å². The van der Waals surface area contributed by atoms with Crippen LogP contribution in [0.25, 0.3) is 0 Å². The number of carbonyl (C=O) groups excluding carboxylic acids is 1. The normalized spacial score (nSPS) is 26.8. The van der Waals surface area contributed by atoms with Crippen LogP contribution in [-0.2, 0) is 4.79 Å². The average Bonchev–Trinajstić information content (AvgIpc) is 2.15. The van der Waals surface area contributed by atoms with E-state index in [9.17, 15) is 4.79 Å². The zero-order chi connectivity index (χ0) is 8.97. The molecule has 0 aliphatic carbocycles. The molecule has 1 heterocycles. The van der Waals surface area contributed by atoms with Crippen LogP contribution in [0.4, 0.5) is 0 Å². The van der Waals surface area contributed by atoms with Crippen LogP contribution in [0.5, 0.6) is 0 Å². The summed E-state index contributed by atoms with van der Waals surface area (Å²) in [4.78, 5) is 13.6. The van der Waals surface area contributed by atoms with E-state index in [-0.39, 0.29) is 4.95 Å². The van der Waals surface area contributed by atoms with Gasteiger partial charge in [0.1, 0.15) is 5.78 Å². The fourth-order valence-electron chi connectivity index (χ4n) is 1.41. The van der Waals surface area contributed by atoms with Gasteiger partial charge in [-0.25, -0.2) is 0 Å². The van der Waals surface area contributed by atoms with Gasteiger partial charge in [0.25, 0.3) is 0 Å². The van der Waals surface area contributed by atoms with Gasteiger partial charge in [-0.15, -0.1) is 6.58 Å². The van der Waals surface area contributed by atoms with Crippen molar-refractivity contribution in [3.05, 3.63) is 12.7 Å². The van der Waals surface area contributed by atoms with E-state index in [1.165, 1.54) is 0 Å². The number of hydrogen-bond acceptors (Lipinski definition) is 2.